The predicted octanol–water partition coefficient (Wildman–Crippen LogP) is -5.89. The zero-order valence-corrected chi connectivity index (χ0v) is 21.8. The highest BCUT2D eigenvalue weighted by atomic mass is 31.3. The second-order valence-corrected chi connectivity index (χ2v) is 11.4. The van der Waals surface area contributed by atoms with E-state index in [9.17, 15) is 63.6 Å². The van der Waals surface area contributed by atoms with Gasteiger partial charge in [0.2, 0.25) is 5.91 Å². The van der Waals surface area contributed by atoms with E-state index in [-0.39, 0.29) is 0 Å². The molecule has 0 saturated carbocycles. The molecule has 1 amide bonds. The molecule has 2 aliphatic rings. The van der Waals surface area contributed by atoms with E-state index < -0.39 is 101 Å². The third-order valence-electron chi connectivity index (χ3n) is 5.51. The van der Waals surface area contributed by atoms with Gasteiger partial charge in [-0.2, -0.15) is 4.31 Å². The van der Waals surface area contributed by atoms with Crippen LogP contribution in [0, 0.1) is 0 Å². The Balaban J connectivity index is 1.68. The Kier molecular flexibility index (Phi) is 9.85. The summed E-state index contributed by atoms with van der Waals surface area (Å²) in [6, 6.07) is -0.980. The summed E-state index contributed by atoms with van der Waals surface area (Å²) in [5.74, 6) is -2.99. The third kappa shape index (κ3) is 7.47. The number of aliphatic carboxylic acids is 1. The molecule has 2 fully saturated rings. The molecule has 0 spiro atoms. The van der Waals surface area contributed by atoms with Crippen LogP contribution in [0.15, 0.2) is 21.9 Å². The number of carbonyl (C=O) groups is 2. The van der Waals surface area contributed by atoms with Crippen molar-refractivity contribution in [3.63, 3.8) is 0 Å². The Labute approximate surface area is 221 Å². The lowest BCUT2D eigenvalue weighted by Crippen LogP contribution is -2.66. The van der Waals surface area contributed by atoms with E-state index in [1.54, 1.807) is 0 Å². The number of aliphatic hydroxyl groups is 4. The van der Waals surface area contributed by atoms with Gasteiger partial charge in [-0.05, 0) is 0 Å². The summed E-state index contributed by atoms with van der Waals surface area (Å²) >= 11 is 0. The van der Waals surface area contributed by atoms with Crippen molar-refractivity contribution >= 4 is 27.5 Å². The molecule has 8 N–H and O–H groups in total. The molecule has 2 saturated heterocycles. The lowest BCUT2D eigenvalue weighted by molar-refractivity contribution is -0.336. The molecule has 3 heterocycles. The topological polar surface area (TPSA) is 326 Å². The van der Waals surface area contributed by atoms with Crippen LogP contribution in [-0.4, -0.2) is 107 Å². The SMILES string of the molecule is CC(=O)N[C@H]1C(OP(=O)(O)OP(=O)(O)OC[C@H]2O[C@@H](n3ccc(=O)[nH]c3=O)[C@H](O)[C@@H]2O)O[C@H](C(=O)[O-])[C@@H](O)[C@@H]1O. The van der Waals surface area contributed by atoms with Crippen molar-refractivity contribution in [1.29, 1.82) is 0 Å². The fraction of sp³-hybridized carbons (Fsp3) is 0.647. The molecule has 3 unspecified atom stereocenters. The molecule has 1 aromatic heterocycles. The Morgan fingerprint density at radius 1 is 1.07 bits per heavy atom. The zero-order chi connectivity index (χ0) is 30.2. The fourth-order valence-electron chi connectivity index (χ4n) is 3.73. The Morgan fingerprint density at radius 2 is 1.73 bits per heavy atom. The summed E-state index contributed by atoms with van der Waals surface area (Å²) in [5.41, 5.74) is -1.80. The smallest absolute Gasteiger partial charge is 0.483 e. The van der Waals surface area contributed by atoms with E-state index >= 15 is 0 Å². The van der Waals surface area contributed by atoms with E-state index in [1.807, 2.05) is 10.3 Å². The average Bonchev–Trinajstić information content (AvgIpc) is 3.09. The number of carboxylic acid groups (broad SMARTS) is 1. The molecule has 40 heavy (non-hydrogen) atoms. The van der Waals surface area contributed by atoms with Crippen LogP contribution in [0.1, 0.15) is 13.2 Å². The van der Waals surface area contributed by atoms with Gasteiger partial charge in [-0.1, -0.05) is 0 Å². The van der Waals surface area contributed by atoms with E-state index in [2.05, 4.69) is 13.4 Å². The van der Waals surface area contributed by atoms with Gasteiger partial charge in [0.15, 0.2) is 12.5 Å². The molecule has 0 bridgehead atoms. The van der Waals surface area contributed by atoms with Crippen molar-refractivity contribution in [3.8, 4) is 0 Å². The highest BCUT2D eigenvalue weighted by molar-refractivity contribution is 7.61. The van der Waals surface area contributed by atoms with Crippen LogP contribution in [0.3, 0.4) is 0 Å². The van der Waals surface area contributed by atoms with Gasteiger partial charge >= 0.3 is 21.3 Å². The number of H-pyrrole nitrogens is 1. The number of carboxylic acids is 1. The van der Waals surface area contributed by atoms with E-state index in [1.165, 1.54) is 0 Å². The number of aliphatic hydroxyl groups excluding tert-OH is 4. The first-order chi connectivity index (χ1) is 18.4. The first-order valence-corrected chi connectivity index (χ1v) is 13.9. The lowest BCUT2D eigenvalue weighted by atomic mass is 9.97. The molecule has 23 heteroatoms. The number of aromatic amines is 1. The minimum Gasteiger partial charge on any atom is -0.547 e. The number of carbonyl (C=O) groups excluding carboxylic acids is 2. The van der Waals surface area contributed by atoms with Gasteiger partial charge in [0.25, 0.3) is 5.56 Å². The van der Waals surface area contributed by atoms with Crippen molar-refractivity contribution in [2.75, 3.05) is 6.61 Å². The van der Waals surface area contributed by atoms with E-state index in [4.69, 9.17) is 9.47 Å². The van der Waals surface area contributed by atoms with Crippen molar-refractivity contribution in [2.24, 2.45) is 0 Å². The van der Waals surface area contributed by atoms with Crippen LogP contribution in [0.4, 0.5) is 0 Å². The third-order valence-corrected chi connectivity index (χ3v) is 8.11. The summed E-state index contributed by atoms with van der Waals surface area (Å²) in [5, 5.41) is 53.5. The van der Waals surface area contributed by atoms with E-state index in [0.717, 1.165) is 19.2 Å². The molecule has 0 radical (unpaired) electrons. The molecule has 21 nitrogen and oxygen atoms in total. The van der Waals surface area contributed by atoms with Crippen molar-refractivity contribution < 1.29 is 76.9 Å². The van der Waals surface area contributed by atoms with Crippen molar-refractivity contribution in [1.82, 2.24) is 14.9 Å². The van der Waals surface area contributed by atoms with Crippen LogP contribution >= 0.6 is 15.6 Å². The normalized spacial score (nSPS) is 35.4. The summed E-state index contributed by atoms with van der Waals surface area (Å²) in [7, 11) is -11.4. The maximum absolute atomic E-state index is 12.4. The number of hydrogen-bond donors (Lipinski definition) is 8. The number of phosphoric acid groups is 2. The second-order valence-electron chi connectivity index (χ2n) is 8.44. The quantitative estimate of drug-likeness (QED) is 0.113. The first kappa shape index (κ1) is 32.2. The number of nitrogens with one attached hydrogen (secondary N) is 2. The number of rotatable bonds is 10. The van der Waals surface area contributed by atoms with Crippen LogP contribution in [0.2, 0.25) is 0 Å². The summed E-state index contributed by atoms with van der Waals surface area (Å²) in [6.45, 7) is -0.174. The summed E-state index contributed by atoms with van der Waals surface area (Å²) < 4.78 is 48.6. The number of nitrogens with zero attached hydrogens (tertiary/aromatic N) is 1. The second kappa shape index (κ2) is 12.2. The summed E-state index contributed by atoms with van der Waals surface area (Å²) in [6.07, 6.45) is -15.0. The van der Waals surface area contributed by atoms with Gasteiger partial charge in [0.1, 0.15) is 42.7 Å². The monoisotopic (exact) mass is 620 g/mol. The number of aromatic nitrogens is 2. The molecular formula is C17H24N3O18P2-. The molecule has 0 aliphatic carbocycles. The maximum Gasteiger partial charge on any atom is 0.483 e. The maximum atomic E-state index is 12.4. The molecule has 0 aromatic carbocycles. The Morgan fingerprint density at radius 3 is 2.30 bits per heavy atom. The Bertz CT molecular complexity index is 1320. The summed E-state index contributed by atoms with van der Waals surface area (Å²) in [4.78, 5) is 67.5. The lowest BCUT2D eigenvalue weighted by Gasteiger charge is -2.42. The number of ether oxygens (including phenoxy) is 2. The van der Waals surface area contributed by atoms with Crippen molar-refractivity contribution in [2.45, 2.75) is 62.1 Å². The standard InChI is InChI=1S/C17H25N3O18P2/c1-5(21)18-8-10(24)11(25)13(15(27)28)36-16(8)37-40(32,33)38-39(30,31)34-4-6-9(23)12(26)14(35-6)20-3-2-7(22)19-17(20)29/h2-3,6,8-14,16,23-26H,4H2,1H3,(H,18,21)(H,27,28)(H,30,31)(H,32,33)(H,19,22,29)/p-1/t6-,8-,9-,10-,11+,12-,13+,14-,16?/m1/s1. The average molecular weight is 620 g/mol. The van der Waals surface area contributed by atoms with Crippen LogP contribution in [-0.2, 0) is 41.6 Å². The van der Waals surface area contributed by atoms with Gasteiger partial charge < -0.3 is 54.9 Å². The van der Waals surface area contributed by atoms with Crippen molar-refractivity contribution in [3.05, 3.63) is 33.1 Å². The molecule has 2 aliphatic heterocycles. The van der Waals surface area contributed by atoms with Gasteiger partial charge in [0.05, 0.1) is 12.6 Å². The number of amides is 1. The van der Waals surface area contributed by atoms with Crippen LogP contribution < -0.4 is 21.7 Å². The first-order valence-electron chi connectivity index (χ1n) is 10.9. The highest BCUT2D eigenvalue weighted by Crippen LogP contribution is 2.61. The van der Waals surface area contributed by atoms with Gasteiger partial charge in [0, 0.05) is 19.2 Å². The Hall–Kier alpha value is -2.36. The fourth-order valence-corrected chi connectivity index (χ4v) is 5.90. The predicted molar refractivity (Wildman–Crippen MR) is 118 cm³/mol. The van der Waals surface area contributed by atoms with E-state index in [0.29, 0.717) is 4.57 Å². The molecule has 1 aromatic rings. The number of phosphoric ester groups is 2. The molecule has 226 valence electrons. The number of hydrogen-bond acceptors (Lipinski definition) is 16. The van der Waals surface area contributed by atoms with Gasteiger partial charge in [-0.15, -0.1) is 0 Å². The minimum atomic E-state index is -5.78. The zero-order valence-electron chi connectivity index (χ0n) is 20.0. The molecule has 3 rings (SSSR count). The molecule has 11 atom stereocenters. The largest absolute Gasteiger partial charge is 0.547 e. The van der Waals surface area contributed by atoms with Gasteiger partial charge in [-0.25, -0.2) is 13.9 Å². The van der Waals surface area contributed by atoms with Gasteiger partial charge in [-0.3, -0.25) is 28.2 Å². The molecular weight excluding hydrogens is 596 g/mol. The minimum absolute atomic E-state index is 0.695. The highest BCUT2D eigenvalue weighted by Gasteiger charge is 2.50. The van der Waals surface area contributed by atoms with Crippen LogP contribution in [0.25, 0.3) is 0 Å². The van der Waals surface area contributed by atoms with Crippen LogP contribution in [0.5, 0.6) is 0 Å².